The Morgan fingerprint density at radius 3 is 1.86 bits per heavy atom. The first-order chi connectivity index (χ1) is 13.5. The number of nitrogens with two attached hydrogens (primary N) is 1. The third-order valence-corrected chi connectivity index (χ3v) is 3.93. The molecule has 0 saturated carbocycles. The Kier molecular flexibility index (Phi) is 5.82. The lowest BCUT2D eigenvalue weighted by Crippen LogP contribution is -1.94. The predicted octanol–water partition coefficient (Wildman–Crippen LogP) is 3.33. The molecule has 0 bridgehead atoms. The maximum absolute atomic E-state index is 10.5. The standard InChI is InChI=1S/C8H5ClN4O2.C8H7ClN4/c9-8-7(13(14)15)5-12(11-8)6-2-1-3-10-4-6;9-8-7(10)5-13(12-8)6-2-1-3-11-4-6/h1-5H;1-5H,10H2. The van der Waals surface area contributed by atoms with Gasteiger partial charge in [-0.2, -0.15) is 5.10 Å². The summed E-state index contributed by atoms with van der Waals surface area (Å²) in [5.74, 6) is 0. The summed E-state index contributed by atoms with van der Waals surface area (Å²) in [5.41, 5.74) is 7.24. The summed E-state index contributed by atoms with van der Waals surface area (Å²) < 4.78 is 2.90. The molecule has 0 fully saturated rings. The summed E-state index contributed by atoms with van der Waals surface area (Å²) in [6.07, 6.45) is 9.41. The molecule has 4 rings (SSSR count). The van der Waals surface area contributed by atoms with Gasteiger partial charge in [-0.1, -0.05) is 23.2 Å². The number of pyridine rings is 2. The van der Waals surface area contributed by atoms with E-state index < -0.39 is 4.92 Å². The molecule has 0 saturated heterocycles. The summed E-state index contributed by atoms with van der Waals surface area (Å²) in [5, 5.41) is 18.5. The summed E-state index contributed by atoms with van der Waals surface area (Å²) in [6.45, 7) is 0. The van der Waals surface area contributed by atoms with Crippen molar-refractivity contribution < 1.29 is 4.92 Å². The molecule has 142 valence electrons. The first-order valence-electron chi connectivity index (χ1n) is 7.66. The highest BCUT2D eigenvalue weighted by Gasteiger charge is 2.17. The summed E-state index contributed by atoms with van der Waals surface area (Å²) in [7, 11) is 0. The molecule has 0 atom stereocenters. The van der Waals surface area contributed by atoms with Crippen LogP contribution in [-0.2, 0) is 0 Å². The molecule has 28 heavy (non-hydrogen) atoms. The van der Waals surface area contributed by atoms with Gasteiger partial charge in [-0.15, -0.1) is 5.10 Å². The third-order valence-electron chi connectivity index (χ3n) is 3.36. The van der Waals surface area contributed by atoms with Gasteiger partial charge in [-0.3, -0.25) is 20.1 Å². The molecular formula is C16H12Cl2N8O2. The number of nitrogens with zero attached hydrogens (tertiary/aromatic N) is 7. The van der Waals surface area contributed by atoms with Gasteiger partial charge in [0.1, 0.15) is 6.20 Å². The first kappa shape index (κ1) is 19.3. The zero-order chi connectivity index (χ0) is 20.1. The van der Waals surface area contributed by atoms with Gasteiger partial charge >= 0.3 is 5.69 Å². The molecule has 0 spiro atoms. The van der Waals surface area contributed by atoms with Crippen LogP contribution in [0.15, 0.2) is 61.4 Å². The van der Waals surface area contributed by atoms with Crippen molar-refractivity contribution in [1.82, 2.24) is 29.5 Å². The van der Waals surface area contributed by atoms with E-state index in [1.54, 1.807) is 41.6 Å². The molecule has 4 aromatic rings. The Labute approximate surface area is 168 Å². The number of halogens is 2. The van der Waals surface area contributed by atoms with E-state index in [9.17, 15) is 10.1 Å². The Bertz CT molecular complexity index is 1060. The molecule has 12 heteroatoms. The topological polar surface area (TPSA) is 131 Å². The van der Waals surface area contributed by atoms with E-state index in [2.05, 4.69) is 20.2 Å². The van der Waals surface area contributed by atoms with Crippen LogP contribution in [0.2, 0.25) is 10.3 Å². The van der Waals surface area contributed by atoms with Crippen LogP contribution < -0.4 is 5.73 Å². The van der Waals surface area contributed by atoms with Crippen molar-refractivity contribution in [1.29, 1.82) is 0 Å². The second-order valence-electron chi connectivity index (χ2n) is 5.25. The molecule has 0 aliphatic carbocycles. The number of hydrogen-bond donors (Lipinski definition) is 1. The number of aromatic nitrogens is 6. The van der Waals surface area contributed by atoms with Crippen LogP contribution in [0.5, 0.6) is 0 Å². The van der Waals surface area contributed by atoms with Crippen molar-refractivity contribution in [2.24, 2.45) is 0 Å². The van der Waals surface area contributed by atoms with Gasteiger partial charge < -0.3 is 5.73 Å². The number of rotatable bonds is 3. The number of anilines is 1. The third kappa shape index (κ3) is 4.42. The van der Waals surface area contributed by atoms with Crippen LogP contribution in [0.1, 0.15) is 0 Å². The predicted molar refractivity (Wildman–Crippen MR) is 104 cm³/mol. The van der Waals surface area contributed by atoms with E-state index in [0.717, 1.165) is 5.69 Å². The highest BCUT2D eigenvalue weighted by atomic mass is 35.5. The van der Waals surface area contributed by atoms with E-state index in [4.69, 9.17) is 28.9 Å². The van der Waals surface area contributed by atoms with Crippen molar-refractivity contribution in [3.63, 3.8) is 0 Å². The Morgan fingerprint density at radius 1 is 0.929 bits per heavy atom. The van der Waals surface area contributed by atoms with Gasteiger partial charge in [0.15, 0.2) is 5.15 Å². The lowest BCUT2D eigenvalue weighted by atomic mass is 10.4. The zero-order valence-electron chi connectivity index (χ0n) is 14.1. The molecule has 10 nitrogen and oxygen atoms in total. The second kappa shape index (κ2) is 8.46. The largest absolute Gasteiger partial charge is 0.395 e. The van der Waals surface area contributed by atoms with Crippen molar-refractivity contribution >= 4 is 34.6 Å². The monoisotopic (exact) mass is 418 g/mol. The van der Waals surface area contributed by atoms with Crippen LogP contribution in [-0.4, -0.2) is 34.5 Å². The molecule has 0 aliphatic heterocycles. The van der Waals surface area contributed by atoms with Crippen molar-refractivity contribution in [3.05, 3.63) is 81.9 Å². The molecule has 4 aromatic heterocycles. The van der Waals surface area contributed by atoms with E-state index in [0.29, 0.717) is 16.5 Å². The van der Waals surface area contributed by atoms with Gasteiger partial charge in [0.05, 0.1) is 40.6 Å². The average Bonchev–Trinajstić information content (AvgIpc) is 3.26. The van der Waals surface area contributed by atoms with Gasteiger partial charge in [0.25, 0.3) is 0 Å². The minimum Gasteiger partial charge on any atom is -0.395 e. The minimum atomic E-state index is -0.581. The minimum absolute atomic E-state index is 0.135. The first-order valence-corrected chi connectivity index (χ1v) is 8.42. The average molecular weight is 419 g/mol. The van der Waals surface area contributed by atoms with Crippen molar-refractivity contribution in [2.75, 3.05) is 5.73 Å². The lowest BCUT2D eigenvalue weighted by Gasteiger charge is -1.97. The Balaban J connectivity index is 0.000000162. The van der Waals surface area contributed by atoms with Crippen LogP contribution in [0.25, 0.3) is 11.4 Å². The van der Waals surface area contributed by atoms with Crippen LogP contribution in [0.4, 0.5) is 11.4 Å². The fourth-order valence-electron chi connectivity index (χ4n) is 2.08. The quantitative estimate of drug-likeness (QED) is 0.398. The smallest absolute Gasteiger partial charge is 0.326 e. The normalized spacial score (nSPS) is 10.2. The zero-order valence-corrected chi connectivity index (χ0v) is 15.6. The van der Waals surface area contributed by atoms with Gasteiger partial charge in [0, 0.05) is 12.4 Å². The van der Waals surface area contributed by atoms with Crippen LogP contribution >= 0.6 is 23.2 Å². The fourth-order valence-corrected chi connectivity index (χ4v) is 2.40. The van der Waals surface area contributed by atoms with Gasteiger partial charge in [-0.25, -0.2) is 9.36 Å². The molecule has 0 amide bonds. The molecule has 0 unspecified atom stereocenters. The van der Waals surface area contributed by atoms with Crippen LogP contribution in [0, 0.1) is 10.1 Å². The van der Waals surface area contributed by atoms with E-state index in [1.165, 1.54) is 17.1 Å². The maximum atomic E-state index is 10.5. The molecule has 0 radical (unpaired) electrons. The van der Waals surface area contributed by atoms with Crippen LogP contribution in [0.3, 0.4) is 0 Å². The Hall–Kier alpha value is -3.50. The summed E-state index contributed by atoms with van der Waals surface area (Å²) in [6, 6.07) is 7.12. The lowest BCUT2D eigenvalue weighted by molar-refractivity contribution is -0.384. The van der Waals surface area contributed by atoms with Crippen molar-refractivity contribution in [2.45, 2.75) is 0 Å². The molecule has 0 aliphatic rings. The molecule has 4 heterocycles. The number of nitro groups is 1. The van der Waals surface area contributed by atoms with Crippen molar-refractivity contribution in [3.8, 4) is 11.4 Å². The second-order valence-corrected chi connectivity index (χ2v) is 5.97. The highest BCUT2D eigenvalue weighted by Crippen LogP contribution is 2.23. The van der Waals surface area contributed by atoms with E-state index in [-0.39, 0.29) is 10.8 Å². The molecular weight excluding hydrogens is 407 g/mol. The summed E-state index contributed by atoms with van der Waals surface area (Å²) >= 11 is 11.3. The number of hydrogen-bond acceptors (Lipinski definition) is 7. The molecule has 2 N–H and O–H groups in total. The maximum Gasteiger partial charge on any atom is 0.326 e. The van der Waals surface area contributed by atoms with Gasteiger partial charge in [0.2, 0.25) is 5.15 Å². The SMILES string of the molecule is Nc1cn(-c2cccnc2)nc1Cl.O=[N+]([O-])c1cn(-c2cccnc2)nc1Cl. The summed E-state index contributed by atoms with van der Waals surface area (Å²) in [4.78, 5) is 17.8. The van der Waals surface area contributed by atoms with Gasteiger partial charge in [-0.05, 0) is 24.3 Å². The Morgan fingerprint density at radius 2 is 1.46 bits per heavy atom. The fraction of sp³-hybridized carbons (Fsp3) is 0. The van der Waals surface area contributed by atoms with E-state index in [1.807, 2.05) is 12.1 Å². The van der Waals surface area contributed by atoms with E-state index >= 15 is 0 Å². The highest BCUT2D eigenvalue weighted by molar-refractivity contribution is 6.31. The number of nitrogen functional groups attached to an aromatic ring is 1. The molecule has 0 aromatic carbocycles.